The highest BCUT2D eigenvalue weighted by atomic mass is 19.1. The van der Waals surface area contributed by atoms with E-state index < -0.39 is 6.04 Å². The van der Waals surface area contributed by atoms with Crippen LogP contribution in [-0.4, -0.2) is 15.7 Å². The summed E-state index contributed by atoms with van der Waals surface area (Å²) in [5.74, 6) is -0.984. The van der Waals surface area contributed by atoms with Gasteiger partial charge in [-0.15, -0.1) is 0 Å². The van der Waals surface area contributed by atoms with Gasteiger partial charge in [0.1, 0.15) is 17.3 Å². The molecule has 0 aliphatic rings. The average molecular weight is 369 g/mol. The molecule has 6 heteroatoms. The molecule has 0 bridgehead atoms. The number of halogens is 2. The smallest absolute Gasteiger partial charge is 0.225 e. The highest BCUT2D eigenvalue weighted by Gasteiger charge is 2.19. The number of aryl methyl sites for hydroxylation is 1. The maximum Gasteiger partial charge on any atom is 0.225 e. The number of aromatic nitrogens is 2. The number of carbonyl (C=O) groups excluding carboxylic acids is 1. The van der Waals surface area contributed by atoms with Gasteiger partial charge in [-0.1, -0.05) is 30.3 Å². The summed E-state index contributed by atoms with van der Waals surface area (Å²) in [5.41, 5.74) is 2.86. The molecule has 3 aromatic rings. The van der Waals surface area contributed by atoms with Crippen molar-refractivity contribution in [3.8, 4) is 5.69 Å². The number of carbonyl (C=O) groups is 1. The summed E-state index contributed by atoms with van der Waals surface area (Å²) in [6.45, 7) is 5.32. The number of hydrogen-bond acceptors (Lipinski definition) is 2. The lowest BCUT2D eigenvalue weighted by atomic mass is 10.1. The van der Waals surface area contributed by atoms with E-state index in [0.29, 0.717) is 22.6 Å². The van der Waals surface area contributed by atoms with Crippen LogP contribution >= 0.6 is 0 Å². The van der Waals surface area contributed by atoms with Crippen molar-refractivity contribution in [1.82, 2.24) is 15.1 Å². The van der Waals surface area contributed by atoms with Gasteiger partial charge in [0.25, 0.3) is 0 Å². The molecule has 1 atom stereocenters. The molecular formula is C21H21F2N3O. The number of nitrogens with one attached hydrogen (secondary N) is 1. The molecule has 1 amide bonds. The van der Waals surface area contributed by atoms with Gasteiger partial charge in [-0.25, -0.2) is 13.5 Å². The van der Waals surface area contributed by atoms with E-state index in [9.17, 15) is 13.6 Å². The zero-order valence-electron chi connectivity index (χ0n) is 15.5. The Balaban J connectivity index is 1.79. The SMILES string of the molecule is Cc1nn(-c2ccccc2F)c(C)c1CC(=O)N[C@@H](C)c1ccccc1F. The maximum atomic E-state index is 14.1. The lowest BCUT2D eigenvalue weighted by Crippen LogP contribution is -2.29. The number of para-hydroxylation sites is 1. The van der Waals surface area contributed by atoms with Crippen molar-refractivity contribution in [2.24, 2.45) is 0 Å². The van der Waals surface area contributed by atoms with Crippen LogP contribution in [0.25, 0.3) is 5.69 Å². The molecule has 0 saturated heterocycles. The minimum atomic E-state index is -0.457. The lowest BCUT2D eigenvalue weighted by molar-refractivity contribution is -0.121. The molecule has 0 aliphatic carbocycles. The third-order valence-corrected chi connectivity index (χ3v) is 4.61. The van der Waals surface area contributed by atoms with Crippen molar-refractivity contribution in [2.45, 2.75) is 33.2 Å². The first-order valence-corrected chi connectivity index (χ1v) is 8.72. The highest BCUT2D eigenvalue weighted by Crippen LogP contribution is 2.21. The Morgan fingerprint density at radius 1 is 1.07 bits per heavy atom. The van der Waals surface area contributed by atoms with E-state index in [-0.39, 0.29) is 24.0 Å². The zero-order chi connectivity index (χ0) is 19.6. The Kier molecular flexibility index (Phi) is 5.35. The minimum Gasteiger partial charge on any atom is -0.349 e. The summed E-state index contributed by atoms with van der Waals surface area (Å²) in [4.78, 5) is 12.5. The van der Waals surface area contributed by atoms with Gasteiger partial charge >= 0.3 is 0 Å². The van der Waals surface area contributed by atoms with Crippen LogP contribution in [0, 0.1) is 25.5 Å². The van der Waals surface area contributed by atoms with Crippen LogP contribution in [0.1, 0.15) is 35.5 Å². The van der Waals surface area contributed by atoms with Crippen molar-refractivity contribution in [3.63, 3.8) is 0 Å². The van der Waals surface area contributed by atoms with Crippen molar-refractivity contribution >= 4 is 5.91 Å². The molecule has 0 saturated carbocycles. The Labute approximate surface area is 156 Å². The van der Waals surface area contributed by atoms with Gasteiger partial charge in [0.15, 0.2) is 0 Å². The number of rotatable bonds is 5. The van der Waals surface area contributed by atoms with Gasteiger partial charge < -0.3 is 5.32 Å². The molecule has 0 fully saturated rings. The van der Waals surface area contributed by atoms with Gasteiger partial charge in [0.2, 0.25) is 5.91 Å². The molecule has 1 N–H and O–H groups in total. The zero-order valence-corrected chi connectivity index (χ0v) is 15.5. The van der Waals surface area contributed by atoms with Crippen molar-refractivity contribution in [1.29, 1.82) is 0 Å². The summed E-state index contributed by atoms with van der Waals surface area (Å²) in [6.07, 6.45) is 0.0882. The number of nitrogens with zero attached hydrogens (tertiary/aromatic N) is 2. The Morgan fingerprint density at radius 3 is 2.37 bits per heavy atom. The topological polar surface area (TPSA) is 46.9 Å². The van der Waals surface area contributed by atoms with Crippen molar-refractivity contribution < 1.29 is 13.6 Å². The molecule has 140 valence electrons. The van der Waals surface area contributed by atoms with E-state index in [1.807, 2.05) is 0 Å². The maximum absolute atomic E-state index is 14.1. The first-order valence-electron chi connectivity index (χ1n) is 8.72. The van der Waals surface area contributed by atoms with E-state index in [1.54, 1.807) is 57.2 Å². The Hall–Kier alpha value is -3.02. The summed E-state index contributed by atoms with van der Waals surface area (Å²) in [6, 6.07) is 12.2. The average Bonchev–Trinajstić information content (AvgIpc) is 2.90. The lowest BCUT2D eigenvalue weighted by Gasteiger charge is -2.15. The molecule has 1 heterocycles. The Bertz CT molecular complexity index is 981. The van der Waals surface area contributed by atoms with Crippen LogP contribution in [0.5, 0.6) is 0 Å². The van der Waals surface area contributed by atoms with Crippen LogP contribution in [0.15, 0.2) is 48.5 Å². The molecule has 1 aromatic heterocycles. The molecule has 3 rings (SSSR count). The molecule has 0 spiro atoms. The van der Waals surface area contributed by atoms with E-state index in [4.69, 9.17) is 0 Å². The van der Waals surface area contributed by atoms with Crippen LogP contribution in [0.4, 0.5) is 8.78 Å². The Morgan fingerprint density at radius 2 is 1.70 bits per heavy atom. The molecule has 0 unspecified atom stereocenters. The van der Waals surface area contributed by atoms with Crippen LogP contribution in [0.3, 0.4) is 0 Å². The molecule has 0 aliphatic heterocycles. The minimum absolute atomic E-state index is 0.0882. The van der Waals surface area contributed by atoms with E-state index >= 15 is 0 Å². The first kappa shape index (κ1) is 18.8. The largest absolute Gasteiger partial charge is 0.349 e. The van der Waals surface area contributed by atoms with Crippen LogP contribution in [0.2, 0.25) is 0 Å². The molecule has 27 heavy (non-hydrogen) atoms. The molecule has 2 aromatic carbocycles. The molecule has 4 nitrogen and oxygen atoms in total. The van der Waals surface area contributed by atoms with Gasteiger partial charge in [-0.2, -0.15) is 5.10 Å². The molecular weight excluding hydrogens is 348 g/mol. The van der Waals surface area contributed by atoms with Crippen molar-refractivity contribution in [2.75, 3.05) is 0 Å². The van der Waals surface area contributed by atoms with E-state index in [1.165, 1.54) is 16.8 Å². The van der Waals surface area contributed by atoms with Crippen LogP contribution in [-0.2, 0) is 11.2 Å². The van der Waals surface area contributed by atoms with Gasteiger partial charge in [0.05, 0.1) is 18.2 Å². The second kappa shape index (κ2) is 7.70. The predicted octanol–water partition coefficient (Wildman–Crippen LogP) is 4.19. The second-order valence-corrected chi connectivity index (χ2v) is 6.50. The fraction of sp³-hybridized carbons (Fsp3) is 0.238. The van der Waals surface area contributed by atoms with Gasteiger partial charge in [0, 0.05) is 16.8 Å². The monoisotopic (exact) mass is 369 g/mol. The molecule has 0 radical (unpaired) electrons. The van der Waals surface area contributed by atoms with Crippen molar-refractivity contribution in [3.05, 3.63) is 82.7 Å². The third-order valence-electron chi connectivity index (χ3n) is 4.61. The predicted molar refractivity (Wildman–Crippen MR) is 99.7 cm³/mol. The number of benzene rings is 2. The first-order chi connectivity index (χ1) is 12.9. The fourth-order valence-electron chi connectivity index (χ4n) is 3.15. The van der Waals surface area contributed by atoms with Crippen LogP contribution < -0.4 is 5.32 Å². The summed E-state index contributed by atoms with van der Waals surface area (Å²) in [5, 5.41) is 7.19. The van der Waals surface area contributed by atoms with Gasteiger partial charge in [-0.05, 0) is 39.0 Å². The standard InChI is InChI=1S/C21H21F2N3O/c1-13(16-8-4-5-9-18(16)22)24-21(27)12-17-14(2)25-26(15(17)3)20-11-7-6-10-19(20)23/h4-11,13H,12H2,1-3H3,(H,24,27)/t13-/m0/s1. The summed E-state index contributed by atoms with van der Waals surface area (Å²) < 4.78 is 29.5. The second-order valence-electron chi connectivity index (χ2n) is 6.50. The van der Waals surface area contributed by atoms with E-state index in [2.05, 4.69) is 10.4 Å². The summed E-state index contributed by atoms with van der Waals surface area (Å²) >= 11 is 0. The number of hydrogen-bond donors (Lipinski definition) is 1. The fourth-order valence-corrected chi connectivity index (χ4v) is 3.15. The third kappa shape index (κ3) is 3.89. The van der Waals surface area contributed by atoms with Gasteiger partial charge in [-0.3, -0.25) is 4.79 Å². The number of amides is 1. The highest BCUT2D eigenvalue weighted by molar-refractivity contribution is 5.79. The normalized spacial score (nSPS) is 12.0. The summed E-state index contributed by atoms with van der Waals surface area (Å²) in [7, 11) is 0. The quantitative estimate of drug-likeness (QED) is 0.733. The van der Waals surface area contributed by atoms with E-state index in [0.717, 1.165) is 5.56 Å².